The highest BCUT2D eigenvalue weighted by Gasteiger charge is 2.30. The minimum absolute atomic E-state index is 0.107. The van der Waals surface area contributed by atoms with Crippen LogP contribution in [-0.2, 0) is 27.0 Å². The van der Waals surface area contributed by atoms with Gasteiger partial charge >= 0.3 is 12.1 Å². The van der Waals surface area contributed by atoms with Gasteiger partial charge in [0.25, 0.3) is 11.5 Å². The largest absolute Gasteiger partial charge is 0.454 e. The lowest BCUT2D eigenvalue weighted by Crippen LogP contribution is -2.30. The average Bonchev–Trinajstić information content (AvgIpc) is 2.68. The van der Waals surface area contributed by atoms with Gasteiger partial charge in [0.05, 0.1) is 10.9 Å². The second-order valence-corrected chi connectivity index (χ2v) is 5.85. The van der Waals surface area contributed by atoms with E-state index >= 15 is 0 Å². The molecule has 1 aromatic heterocycles. The summed E-state index contributed by atoms with van der Waals surface area (Å²) in [4.78, 5) is 35.9. The van der Waals surface area contributed by atoms with Crippen molar-refractivity contribution < 1.29 is 27.5 Å². The van der Waals surface area contributed by atoms with E-state index in [4.69, 9.17) is 4.74 Å². The summed E-state index contributed by atoms with van der Waals surface area (Å²) < 4.78 is 43.1. The van der Waals surface area contributed by atoms with Gasteiger partial charge < -0.3 is 10.1 Å². The number of carbonyl (C=O) groups is 2. The number of nitrogens with one attached hydrogen (secondary N) is 1. The lowest BCUT2D eigenvalue weighted by Gasteiger charge is -2.09. The van der Waals surface area contributed by atoms with Crippen LogP contribution in [0.25, 0.3) is 10.9 Å². The maximum Gasteiger partial charge on any atom is 0.416 e. The fraction of sp³-hybridized carbons (Fsp3) is 0.167. The topological polar surface area (TPSA) is 103 Å². The van der Waals surface area contributed by atoms with E-state index in [0.717, 1.165) is 28.9 Å². The van der Waals surface area contributed by atoms with Crippen molar-refractivity contribution in [1.82, 2.24) is 15.0 Å². The average molecular weight is 406 g/mol. The van der Waals surface area contributed by atoms with E-state index in [9.17, 15) is 27.6 Å². The Morgan fingerprint density at radius 1 is 1.07 bits per heavy atom. The first-order valence-electron chi connectivity index (χ1n) is 8.19. The van der Waals surface area contributed by atoms with Crippen LogP contribution in [0.4, 0.5) is 18.9 Å². The third-order valence-corrected chi connectivity index (χ3v) is 3.77. The summed E-state index contributed by atoms with van der Waals surface area (Å²) in [5, 5.41) is 10.0. The van der Waals surface area contributed by atoms with Crippen LogP contribution in [0, 0.1) is 0 Å². The number of esters is 1. The Morgan fingerprint density at radius 2 is 1.76 bits per heavy atom. The summed E-state index contributed by atoms with van der Waals surface area (Å²) in [5.74, 6) is -1.66. The van der Waals surface area contributed by atoms with E-state index in [-0.39, 0.29) is 11.1 Å². The van der Waals surface area contributed by atoms with Gasteiger partial charge in [0.15, 0.2) is 6.61 Å². The predicted molar refractivity (Wildman–Crippen MR) is 94.8 cm³/mol. The third kappa shape index (κ3) is 4.94. The van der Waals surface area contributed by atoms with Gasteiger partial charge in [0, 0.05) is 5.69 Å². The third-order valence-electron chi connectivity index (χ3n) is 3.77. The maximum absolute atomic E-state index is 12.5. The number of hydrogen-bond donors (Lipinski definition) is 1. The zero-order valence-electron chi connectivity index (χ0n) is 14.6. The maximum atomic E-state index is 12.5. The molecule has 8 nitrogen and oxygen atoms in total. The van der Waals surface area contributed by atoms with Gasteiger partial charge in [-0.25, -0.2) is 0 Å². The summed E-state index contributed by atoms with van der Waals surface area (Å²) >= 11 is 0. The number of rotatable bonds is 5. The van der Waals surface area contributed by atoms with Crippen molar-refractivity contribution in [3.8, 4) is 0 Å². The second kappa shape index (κ2) is 8.09. The summed E-state index contributed by atoms with van der Waals surface area (Å²) in [5.41, 5.74) is -0.917. The molecule has 2 aromatic carbocycles. The van der Waals surface area contributed by atoms with E-state index in [0.29, 0.717) is 5.52 Å². The predicted octanol–water partition coefficient (Wildman–Crippen LogP) is 1.99. The molecule has 0 atom stereocenters. The number of ether oxygens (including phenoxy) is 1. The van der Waals surface area contributed by atoms with Crippen molar-refractivity contribution in [2.45, 2.75) is 12.7 Å². The number of carbonyl (C=O) groups excluding carboxylic acids is 2. The van der Waals surface area contributed by atoms with Crippen molar-refractivity contribution in [3.05, 3.63) is 64.4 Å². The molecule has 0 aliphatic heterocycles. The summed E-state index contributed by atoms with van der Waals surface area (Å²) in [6.07, 6.45) is -4.48. The van der Waals surface area contributed by atoms with Crippen LogP contribution in [0.15, 0.2) is 53.3 Å². The van der Waals surface area contributed by atoms with Crippen molar-refractivity contribution in [2.75, 3.05) is 11.9 Å². The van der Waals surface area contributed by atoms with Gasteiger partial charge in [-0.2, -0.15) is 17.9 Å². The summed E-state index contributed by atoms with van der Waals surface area (Å²) in [6.45, 7) is -1.24. The van der Waals surface area contributed by atoms with Crippen LogP contribution in [0.5, 0.6) is 0 Å². The van der Waals surface area contributed by atoms with Gasteiger partial charge in [0.1, 0.15) is 12.1 Å². The standard InChI is InChI=1S/C18H13F3N4O4/c19-18(20,21)11-5-7-12(8-6-11)22-15(26)10-29-16(27)9-25-17(28)13-3-1-2-4-14(13)23-24-25/h1-8H,9-10H2,(H,22,26). The minimum Gasteiger partial charge on any atom is -0.454 e. The number of benzene rings is 2. The van der Waals surface area contributed by atoms with Crippen molar-refractivity contribution in [2.24, 2.45) is 0 Å². The van der Waals surface area contributed by atoms with E-state index in [1.807, 2.05) is 0 Å². The van der Waals surface area contributed by atoms with Crippen molar-refractivity contribution >= 4 is 28.5 Å². The Labute approximate surface area is 160 Å². The monoisotopic (exact) mass is 406 g/mol. The number of halogens is 3. The molecule has 150 valence electrons. The van der Waals surface area contributed by atoms with Crippen LogP contribution in [0.2, 0.25) is 0 Å². The lowest BCUT2D eigenvalue weighted by atomic mass is 10.2. The Kier molecular flexibility index (Phi) is 5.57. The highest BCUT2D eigenvalue weighted by Crippen LogP contribution is 2.29. The summed E-state index contributed by atoms with van der Waals surface area (Å²) in [7, 11) is 0. The number of hydrogen-bond acceptors (Lipinski definition) is 6. The molecule has 0 aliphatic carbocycles. The molecule has 0 spiro atoms. The number of amides is 1. The van der Waals surface area contributed by atoms with Crippen LogP contribution >= 0.6 is 0 Å². The first-order valence-corrected chi connectivity index (χ1v) is 8.19. The number of nitrogens with zero attached hydrogens (tertiary/aromatic N) is 3. The fourth-order valence-corrected chi connectivity index (χ4v) is 2.38. The Morgan fingerprint density at radius 3 is 2.45 bits per heavy atom. The molecule has 0 bridgehead atoms. The van der Waals surface area contributed by atoms with E-state index < -0.39 is 42.3 Å². The smallest absolute Gasteiger partial charge is 0.416 e. The van der Waals surface area contributed by atoms with E-state index in [1.54, 1.807) is 18.2 Å². The first-order chi connectivity index (χ1) is 13.7. The molecule has 0 fully saturated rings. The van der Waals surface area contributed by atoms with Gasteiger partial charge in [-0.15, -0.1) is 5.10 Å². The molecule has 0 saturated carbocycles. The minimum atomic E-state index is -4.48. The first kappa shape index (κ1) is 20.0. The second-order valence-electron chi connectivity index (χ2n) is 5.85. The number of anilines is 1. The van der Waals surface area contributed by atoms with Gasteiger partial charge in [-0.05, 0) is 36.4 Å². The van der Waals surface area contributed by atoms with Gasteiger partial charge in [-0.1, -0.05) is 17.3 Å². The number of alkyl halides is 3. The molecule has 3 rings (SSSR count). The van der Waals surface area contributed by atoms with Crippen LogP contribution in [0.1, 0.15) is 5.56 Å². The molecule has 11 heteroatoms. The Balaban J connectivity index is 1.55. The molecule has 1 heterocycles. The van der Waals surface area contributed by atoms with Crippen LogP contribution in [-0.4, -0.2) is 33.5 Å². The highest BCUT2D eigenvalue weighted by atomic mass is 19.4. The highest BCUT2D eigenvalue weighted by molar-refractivity contribution is 5.92. The van der Waals surface area contributed by atoms with Gasteiger partial charge in [-0.3, -0.25) is 14.4 Å². The molecule has 0 saturated heterocycles. The molecule has 1 amide bonds. The molecule has 0 radical (unpaired) electrons. The van der Waals surface area contributed by atoms with E-state index in [1.165, 1.54) is 6.07 Å². The fourth-order valence-electron chi connectivity index (χ4n) is 2.38. The van der Waals surface area contributed by atoms with Crippen molar-refractivity contribution in [1.29, 1.82) is 0 Å². The van der Waals surface area contributed by atoms with E-state index in [2.05, 4.69) is 15.6 Å². The van der Waals surface area contributed by atoms with Crippen LogP contribution in [0.3, 0.4) is 0 Å². The molecular formula is C18H13F3N4O4. The molecule has 0 unspecified atom stereocenters. The lowest BCUT2D eigenvalue weighted by molar-refractivity contribution is -0.148. The summed E-state index contributed by atoms with van der Waals surface area (Å²) in [6, 6.07) is 10.2. The molecule has 29 heavy (non-hydrogen) atoms. The number of aromatic nitrogens is 3. The van der Waals surface area contributed by atoms with Crippen molar-refractivity contribution in [3.63, 3.8) is 0 Å². The molecular weight excluding hydrogens is 393 g/mol. The quantitative estimate of drug-likeness (QED) is 0.650. The SMILES string of the molecule is O=C(COC(=O)Cn1nnc2ccccc2c1=O)Nc1ccc(C(F)(F)F)cc1. The van der Waals surface area contributed by atoms with Crippen LogP contribution < -0.4 is 10.9 Å². The molecule has 3 aromatic rings. The van der Waals surface area contributed by atoms with Gasteiger partial charge in [0.2, 0.25) is 0 Å². The number of fused-ring (bicyclic) bond motifs is 1. The molecule has 1 N–H and O–H groups in total. The zero-order valence-corrected chi connectivity index (χ0v) is 14.6. The Bertz CT molecular complexity index is 1110. The molecule has 0 aliphatic rings. The zero-order chi connectivity index (χ0) is 21.0. The Hall–Kier alpha value is -3.76. The normalized spacial score (nSPS) is 11.3.